The number of ketones is 3. The second-order valence-corrected chi connectivity index (χ2v) is 59.1. The van der Waals surface area contributed by atoms with Crippen LogP contribution < -0.4 is 21.2 Å². The second-order valence-electron chi connectivity index (χ2n) is 37.5. The van der Waals surface area contributed by atoms with E-state index in [0.717, 1.165) is 50.5 Å². The molecule has 0 saturated carbocycles. The van der Waals surface area contributed by atoms with Crippen molar-refractivity contribution in [1.29, 1.82) is 0 Å². The Balaban J connectivity index is 0.000000125. The molecule has 752 valence electrons. The number of phenolic OH excluding ortho intramolecular Hbond substituents is 2. The Bertz CT molecular complexity index is 6770. The zero-order valence-electron chi connectivity index (χ0n) is 85.6. The molecule has 1 aromatic heterocycles. The lowest BCUT2D eigenvalue weighted by Gasteiger charge is -2.16. The average molecular weight is 2230 g/mol. The molecule has 5 aliphatic rings. The van der Waals surface area contributed by atoms with Crippen LogP contribution in [0.1, 0.15) is 137 Å². The molecule has 5 aliphatic heterocycles. The van der Waals surface area contributed by atoms with E-state index in [4.69, 9.17) is 0 Å². The van der Waals surface area contributed by atoms with E-state index in [0.29, 0.717) is 83.3 Å². The Labute approximate surface area is 917 Å². The van der Waals surface area contributed by atoms with Crippen LogP contribution in [0.5, 0.6) is 11.5 Å². The molecule has 0 radical (unpaired) electrons. The first-order valence-electron chi connectivity index (χ1n) is 52.0. The smallest absolute Gasteiger partial charge is 0.357 e. The van der Waals surface area contributed by atoms with Crippen molar-refractivity contribution in [2.24, 2.45) is 0 Å². The fourth-order valence-corrected chi connectivity index (χ4v) is 40.6. The van der Waals surface area contributed by atoms with Gasteiger partial charge in [-0.05, 0) is 354 Å². The van der Waals surface area contributed by atoms with Gasteiger partial charge in [-0.15, -0.1) is 0 Å². The molecule has 17 aromatic carbocycles. The number of aromatic hydroxyl groups is 2. The molecule has 148 heavy (non-hydrogen) atoms. The van der Waals surface area contributed by atoms with Gasteiger partial charge in [-0.3, -0.25) is 14.4 Å². The quantitative estimate of drug-likeness (QED) is 0.0399. The number of rotatable bonds is 22. The number of Topliss-reactive ketones (excluding diaryl/α,β-unsaturated/α-hetero) is 3. The third-order valence-electron chi connectivity index (χ3n) is 26.4. The van der Waals surface area contributed by atoms with E-state index >= 15 is 0 Å². The van der Waals surface area contributed by atoms with Gasteiger partial charge in [0.25, 0.3) is 0 Å². The zero-order chi connectivity index (χ0) is 102. The van der Waals surface area contributed by atoms with Crippen molar-refractivity contribution >= 4 is 147 Å². The largest absolute Gasteiger partial charge is 0.508 e. The molecular weight excluding hydrogens is 2090 g/mol. The summed E-state index contributed by atoms with van der Waals surface area (Å²) < 4.78 is 5.87. The van der Waals surface area contributed by atoms with Crippen molar-refractivity contribution in [2.75, 3.05) is 74.8 Å². The standard InChI is InChI=1S/C36H28S3.C18H13S.C16H17OS.2C13H18OS.C13H17OS.C12H10I.C12H15OS/c1-5-13-31(14-6-1)38(32-15-7-2-8-16-32)35-25-21-29(22-26-35)37-30-23-27-36(28-24-30)39(33-17-9-3-10-18-33)34-19-11-4-12-20-34;1-2-8-14(9-3-1)19-17-12-6-4-10-15(17)16-11-5-7-13-18(16)19;17-16(12-18-9-3-4-10-18)15-8-7-13-5-1-2-6-14(13)11-15;1-10-8-12(9-11(2)13(10)14)15-6-4-3-5-7-15;1-10-8-12(14)9-11(2)13(10)15-6-4-3-5-7-15;14-13(12-7-3-1-4-8-12)11-15-9-5-2-6-10-15;1-3-7-11(8-4-1)13-12-9-5-2-6-10-12;13-12(10-14-8-4-5-9-14)11-6-2-1-3-7-11/h1-28H;1-13H;1-2,5-8,11H,3-4,9-10,12H2;2*8-9H,3-7H2,1-2H3;1,3-4,7-8H,2,5-6,9-11H2;1-10H;1-3,6-7H,4-5,8-10H2/q+2;2*+1;;;3*+1/p+2. The molecule has 5 fully saturated rings. The summed E-state index contributed by atoms with van der Waals surface area (Å²) >= 11 is 1.85. The fraction of sp³-hybridized carbons (Fsp3) is 0.226. The average Bonchev–Trinajstić information content (AvgIpc) is 1.59. The number of aryl methyl sites for hydroxylation is 4. The maximum absolute atomic E-state index is 12.3. The molecule has 23 rings (SSSR count). The van der Waals surface area contributed by atoms with Crippen molar-refractivity contribution in [3.05, 3.63) is 483 Å². The van der Waals surface area contributed by atoms with Gasteiger partial charge in [0, 0.05) is 80.6 Å². The molecule has 0 atom stereocenters. The molecule has 6 heterocycles. The predicted octanol–water partition coefficient (Wildman–Crippen LogP) is 30.3. The van der Waals surface area contributed by atoms with Gasteiger partial charge >= 0.3 is 21.2 Å². The van der Waals surface area contributed by atoms with Crippen LogP contribution >= 0.6 is 22.2 Å². The number of benzene rings is 17. The molecule has 5 saturated heterocycles. The van der Waals surface area contributed by atoms with Gasteiger partial charge in [0.2, 0.25) is 17.3 Å². The maximum Gasteiger partial charge on any atom is 0.357 e. The molecule has 0 unspecified atom stereocenters. The highest BCUT2D eigenvalue weighted by Crippen LogP contribution is 2.48. The monoisotopic (exact) mass is 2230 g/mol. The second kappa shape index (κ2) is 58.7. The summed E-state index contributed by atoms with van der Waals surface area (Å²) in [6.07, 6.45) is 17.6. The van der Waals surface area contributed by atoms with Crippen LogP contribution in [-0.2, 0) is 76.3 Å². The molecule has 2 N–H and O–H groups in total. The highest BCUT2D eigenvalue weighted by Gasteiger charge is 2.35. The number of carbonyl (C=O) groups is 3. The van der Waals surface area contributed by atoms with Crippen LogP contribution in [0.25, 0.3) is 35.8 Å². The van der Waals surface area contributed by atoms with Gasteiger partial charge in [-0.1, -0.05) is 260 Å². The molecule has 5 nitrogen and oxygen atoms in total. The summed E-state index contributed by atoms with van der Waals surface area (Å²) in [5.41, 5.74) is 7.26. The van der Waals surface area contributed by atoms with Crippen LogP contribution in [0.15, 0.2) is 486 Å². The molecule has 18 aromatic rings. The van der Waals surface area contributed by atoms with Gasteiger partial charge in [0.1, 0.15) is 69.0 Å². The minimum atomic E-state index is -0.123. The zero-order valence-corrected chi connectivity index (χ0v) is 95.1. The summed E-state index contributed by atoms with van der Waals surface area (Å²) in [7, 11) is 1.84. The van der Waals surface area contributed by atoms with E-state index in [1.807, 2.05) is 123 Å². The van der Waals surface area contributed by atoms with Crippen molar-refractivity contribution in [3.8, 4) is 16.4 Å². The Hall–Kier alpha value is -10.6. The van der Waals surface area contributed by atoms with Crippen LogP contribution in [0.4, 0.5) is 0 Å². The third kappa shape index (κ3) is 32.7. The first-order chi connectivity index (χ1) is 72.7. The number of phenols is 2. The summed E-state index contributed by atoms with van der Waals surface area (Å²) in [6, 6.07) is 153. The van der Waals surface area contributed by atoms with E-state index < -0.39 is 0 Å². The summed E-state index contributed by atoms with van der Waals surface area (Å²) in [5.74, 6) is 17.2. The van der Waals surface area contributed by atoms with Crippen molar-refractivity contribution in [2.45, 2.75) is 160 Å². The number of hydrogen-bond acceptors (Lipinski definition) is 6. The van der Waals surface area contributed by atoms with E-state index in [-0.39, 0.29) is 53.5 Å². The normalized spacial score (nSPS) is 14.3. The summed E-state index contributed by atoms with van der Waals surface area (Å²) in [6.45, 7) is 8.26. The van der Waals surface area contributed by atoms with E-state index in [1.54, 1.807) is 0 Å². The van der Waals surface area contributed by atoms with E-state index in [9.17, 15) is 24.6 Å². The van der Waals surface area contributed by atoms with Gasteiger partial charge in [-0.25, -0.2) is 0 Å². The highest BCUT2D eigenvalue weighted by molar-refractivity contribution is 8.00. The van der Waals surface area contributed by atoms with Gasteiger partial charge < -0.3 is 10.2 Å². The number of hydrogen-bond donors (Lipinski definition) is 2. The van der Waals surface area contributed by atoms with Crippen LogP contribution in [0.3, 0.4) is 0 Å². The van der Waals surface area contributed by atoms with Gasteiger partial charge in [-0.2, -0.15) is 0 Å². The third-order valence-corrected chi connectivity index (χ3v) is 49.4. The van der Waals surface area contributed by atoms with E-state index in [2.05, 4.69) is 354 Å². The lowest BCUT2D eigenvalue weighted by atomic mass is 10.1. The molecular formula is C133H138IO5S9+9. The minimum Gasteiger partial charge on any atom is -0.508 e. The molecule has 15 heteroatoms. The topological polar surface area (TPSA) is 91.7 Å². The Morgan fingerprint density at radius 1 is 0.270 bits per heavy atom. The van der Waals surface area contributed by atoms with Crippen LogP contribution in [0.2, 0.25) is 0 Å². The Morgan fingerprint density at radius 2 is 0.574 bits per heavy atom. The van der Waals surface area contributed by atoms with Crippen molar-refractivity contribution < 1.29 is 45.8 Å². The number of halogens is 1. The molecule has 0 spiro atoms. The lowest BCUT2D eigenvalue weighted by molar-refractivity contribution is -0.597. The Kier molecular flexibility index (Phi) is 43.6. The lowest BCUT2D eigenvalue weighted by Crippen LogP contribution is -3.61. The van der Waals surface area contributed by atoms with Gasteiger partial charge in [0.05, 0.1) is 21.8 Å². The first-order valence-corrected chi connectivity index (χ1v) is 67.0. The van der Waals surface area contributed by atoms with E-state index in [1.165, 1.54) is 239 Å². The number of fused-ring (bicyclic) bond motifs is 4. The summed E-state index contributed by atoms with van der Waals surface area (Å²) in [5, 5.41) is 24.4. The first kappa shape index (κ1) is 110. The predicted molar refractivity (Wildman–Crippen MR) is 644 cm³/mol. The highest BCUT2D eigenvalue weighted by atomic mass is 127. The van der Waals surface area contributed by atoms with Crippen LogP contribution in [-0.4, -0.2) is 102 Å². The number of thiophene rings is 1. The molecule has 0 aliphatic carbocycles. The van der Waals surface area contributed by atoms with Crippen LogP contribution in [0, 0.1) is 34.8 Å². The fourth-order valence-electron chi connectivity index (χ4n) is 18.9. The SMILES string of the molecule is Cc1cc(O)cc(C)c1[S+]1CCCCC1.Cc1cc([S+]2CCCCC2)cc(C)c1O.O=C(C[S+]1CCCC1)c1ccc2ccccc2c1.O=C(C[S+]1CCCC1)c1ccccc1.O=C(C[S+]1CCCCC1)c1ccccc1.c1ccc(-[s+]2c3ccccc3c3ccccc32)cc1.c1ccc([I+]c2ccccc2)cc1.c1ccc([S+](c2ccccc2)c2ccc(Sc3ccc([S+](c4ccccc4)c4ccccc4)cc3)cc2)cc1. The minimum absolute atomic E-state index is 0.0287. The number of carbonyl (C=O) groups excluding carboxylic acids is 3. The van der Waals surface area contributed by atoms with Crippen molar-refractivity contribution in [1.82, 2.24) is 0 Å². The summed E-state index contributed by atoms with van der Waals surface area (Å²) in [4.78, 5) is 50.9. The van der Waals surface area contributed by atoms with Crippen molar-refractivity contribution in [3.63, 3.8) is 0 Å². The van der Waals surface area contributed by atoms with Gasteiger partial charge in [0.15, 0.2) is 77.9 Å². The molecule has 0 amide bonds. The maximum atomic E-state index is 12.3. The molecule has 0 bridgehead atoms. The Morgan fingerprint density at radius 3 is 0.959 bits per heavy atom.